The highest BCUT2D eigenvalue weighted by molar-refractivity contribution is 6.01. The van der Waals surface area contributed by atoms with Crippen molar-refractivity contribution in [1.29, 1.82) is 0 Å². The van der Waals surface area contributed by atoms with Gasteiger partial charge in [0.1, 0.15) is 11.9 Å². The van der Waals surface area contributed by atoms with Crippen molar-refractivity contribution in [3.8, 4) is 17.2 Å². The van der Waals surface area contributed by atoms with Crippen molar-refractivity contribution >= 4 is 17.5 Å². The fourth-order valence-corrected chi connectivity index (χ4v) is 3.86. The van der Waals surface area contributed by atoms with Crippen molar-refractivity contribution in [1.82, 2.24) is 4.90 Å². The Balaban J connectivity index is 1.46. The standard InChI is InChI=1S/C24H21N3O5/c25-22(28)13-30-17-8-6-16(7-9-17)23-26-19-4-2-1-3-18(19)24(29)27(23)12-15-5-10-20-21(11-15)32-14-31-20/h1-11,23,26H,12-14H2,(H2,25,28)/t23-/m1/s1. The van der Waals surface area contributed by atoms with Crippen molar-refractivity contribution in [2.75, 3.05) is 18.7 Å². The molecule has 0 aliphatic carbocycles. The third-order valence-electron chi connectivity index (χ3n) is 5.39. The summed E-state index contributed by atoms with van der Waals surface area (Å²) in [7, 11) is 0. The molecule has 8 heteroatoms. The molecule has 5 rings (SSSR count). The lowest BCUT2D eigenvalue weighted by atomic mass is 10.0. The molecule has 0 radical (unpaired) electrons. The second kappa shape index (κ2) is 8.14. The topological polar surface area (TPSA) is 103 Å². The van der Waals surface area contributed by atoms with Crippen LogP contribution in [0.15, 0.2) is 66.7 Å². The summed E-state index contributed by atoms with van der Waals surface area (Å²) in [4.78, 5) is 26.2. The van der Waals surface area contributed by atoms with E-state index in [2.05, 4.69) is 5.32 Å². The molecule has 0 saturated carbocycles. The Bertz CT molecular complexity index is 1180. The maximum atomic E-state index is 13.4. The highest BCUT2D eigenvalue weighted by Crippen LogP contribution is 2.37. The maximum absolute atomic E-state index is 13.4. The van der Waals surface area contributed by atoms with Gasteiger partial charge >= 0.3 is 0 Å². The fourth-order valence-electron chi connectivity index (χ4n) is 3.86. The summed E-state index contributed by atoms with van der Waals surface area (Å²) in [5.74, 6) is 1.28. The number of amides is 2. The van der Waals surface area contributed by atoms with E-state index in [4.69, 9.17) is 19.9 Å². The summed E-state index contributed by atoms with van der Waals surface area (Å²) in [6, 6.07) is 20.4. The summed E-state index contributed by atoms with van der Waals surface area (Å²) >= 11 is 0. The van der Waals surface area contributed by atoms with Gasteiger partial charge in [0.25, 0.3) is 11.8 Å². The van der Waals surface area contributed by atoms with Crippen LogP contribution in [0.25, 0.3) is 0 Å². The van der Waals surface area contributed by atoms with Crippen LogP contribution in [0.1, 0.15) is 27.7 Å². The van der Waals surface area contributed by atoms with E-state index < -0.39 is 12.1 Å². The molecule has 2 aliphatic heterocycles. The van der Waals surface area contributed by atoms with Gasteiger partial charge in [0, 0.05) is 12.2 Å². The highest BCUT2D eigenvalue weighted by Gasteiger charge is 2.33. The van der Waals surface area contributed by atoms with Gasteiger partial charge in [-0.05, 0) is 47.5 Å². The van der Waals surface area contributed by atoms with Crippen molar-refractivity contribution in [3.05, 3.63) is 83.4 Å². The number of fused-ring (bicyclic) bond motifs is 2. The number of nitrogens with two attached hydrogens (primary N) is 1. The van der Waals surface area contributed by atoms with Crippen molar-refractivity contribution in [3.63, 3.8) is 0 Å². The van der Waals surface area contributed by atoms with E-state index >= 15 is 0 Å². The molecular formula is C24H21N3O5. The molecule has 3 N–H and O–H groups in total. The number of nitrogens with one attached hydrogen (secondary N) is 1. The van der Waals surface area contributed by atoms with E-state index in [9.17, 15) is 9.59 Å². The number of rotatable bonds is 6. The van der Waals surface area contributed by atoms with Gasteiger partial charge in [0.05, 0.1) is 5.56 Å². The smallest absolute Gasteiger partial charge is 0.258 e. The molecule has 3 aromatic rings. The summed E-state index contributed by atoms with van der Waals surface area (Å²) < 4.78 is 16.2. The number of carbonyl (C=O) groups is 2. The molecule has 2 amide bonds. The molecule has 8 nitrogen and oxygen atoms in total. The maximum Gasteiger partial charge on any atom is 0.258 e. The van der Waals surface area contributed by atoms with Crippen LogP contribution in [0.5, 0.6) is 17.2 Å². The zero-order chi connectivity index (χ0) is 22.1. The minimum Gasteiger partial charge on any atom is -0.484 e. The molecule has 32 heavy (non-hydrogen) atoms. The monoisotopic (exact) mass is 431 g/mol. The zero-order valence-corrected chi connectivity index (χ0v) is 17.1. The minimum absolute atomic E-state index is 0.0731. The van der Waals surface area contributed by atoms with Gasteiger partial charge in [-0.2, -0.15) is 0 Å². The second-order valence-electron chi connectivity index (χ2n) is 7.54. The summed E-state index contributed by atoms with van der Waals surface area (Å²) in [6.07, 6.45) is -0.395. The van der Waals surface area contributed by atoms with Gasteiger partial charge in [-0.15, -0.1) is 0 Å². The molecule has 0 aromatic heterocycles. The van der Waals surface area contributed by atoms with Gasteiger partial charge in [0.15, 0.2) is 18.1 Å². The predicted octanol–water partition coefficient (Wildman–Crippen LogP) is 3.05. The molecule has 0 fully saturated rings. The molecule has 2 aliphatic rings. The summed E-state index contributed by atoms with van der Waals surface area (Å²) in [5, 5.41) is 3.47. The van der Waals surface area contributed by atoms with Crippen molar-refractivity contribution in [2.24, 2.45) is 5.73 Å². The molecule has 1 atom stereocenters. The van der Waals surface area contributed by atoms with Crippen LogP contribution in [0.2, 0.25) is 0 Å². The predicted molar refractivity (Wildman–Crippen MR) is 116 cm³/mol. The minimum atomic E-state index is -0.542. The van der Waals surface area contributed by atoms with Crippen LogP contribution in [-0.4, -0.2) is 30.1 Å². The van der Waals surface area contributed by atoms with E-state index in [1.54, 1.807) is 17.0 Å². The van der Waals surface area contributed by atoms with Crippen LogP contribution in [-0.2, 0) is 11.3 Å². The Morgan fingerprint density at radius 3 is 2.66 bits per heavy atom. The van der Waals surface area contributed by atoms with Crippen LogP contribution in [0.4, 0.5) is 5.69 Å². The number of benzene rings is 3. The van der Waals surface area contributed by atoms with E-state index in [1.165, 1.54) is 0 Å². The first-order valence-electron chi connectivity index (χ1n) is 10.1. The Kier molecular flexibility index (Phi) is 5.03. The van der Waals surface area contributed by atoms with Crippen LogP contribution >= 0.6 is 0 Å². The number of primary amides is 1. The van der Waals surface area contributed by atoms with Gasteiger partial charge in [0.2, 0.25) is 6.79 Å². The highest BCUT2D eigenvalue weighted by atomic mass is 16.7. The lowest BCUT2D eigenvalue weighted by Gasteiger charge is -2.38. The second-order valence-corrected chi connectivity index (χ2v) is 7.54. The van der Waals surface area contributed by atoms with Crippen molar-refractivity contribution < 1.29 is 23.8 Å². The molecule has 0 unspecified atom stereocenters. The largest absolute Gasteiger partial charge is 0.484 e. The molecular weight excluding hydrogens is 410 g/mol. The van der Waals surface area contributed by atoms with Crippen LogP contribution < -0.4 is 25.3 Å². The summed E-state index contributed by atoms with van der Waals surface area (Å²) in [6.45, 7) is 0.383. The summed E-state index contributed by atoms with van der Waals surface area (Å²) in [5.41, 5.74) is 8.33. The lowest BCUT2D eigenvalue weighted by molar-refractivity contribution is -0.119. The van der Waals surface area contributed by atoms with E-state index in [1.807, 2.05) is 54.6 Å². The Hall–Kier alpha value is -4.20. The Morgan fingerprint density at radius 2 is 1.84 bits per heavy atom. The number of para-hydroxylation sites is 1. The average molecular weight is 431 g/mol. The zero-order valence-electron chi connectivity index (χ0n) is 17.1. The van der Waals surface area contributed by atoms with E-state index in [-0.39, 0.29) is 19.3 Å². The third kappa shape index (κ3) is 3.78. The number of ether oxygens (including phenoxy) is 3. The SMILES string of the molecule is NC(=O)COc1ccc([C@@H]2Nc3ccccc3C(=O)N2Cc2ccc3c(c2)OCO3)cc1. The first-order chi connectivity index (χ1) is 15.6. The normalized spacial score (nSPS) is 16.3. The molecule has 2 heterocycles. The third-order valence-corrected chi connectivity index (χ3v) is 5.39. The number of hydrogen-bond donors (Lipinski definition) is 2. The first-order valence-corrected chi connectivity index (χ1v) is 10.1. The fraction of sp³-hybridized carbons (Fsp3) is 0.167. The Labute approximate surface area is 184 Å². The van der Waals surface area contributed by atoms with Gasteiger partial charge < -0.3 is 30.2 Å². The van der Waals surface area contributed by atoms with Gasteiger partial charge in [-0.25, -0.2) is 0 Å². The van der Waals surface area contributed by atoms with Gasteiger partial charge in [-0.3, -0.25) is 9.59 Å². The van der Waals surface area contributed by atoms with E-state index in [0.717, 1.165) is 16.8 Å². The molecule has 162 valence electrons. The molecule has 0 saturated heterocycles. The van der Waals surface area contributed by atoms with Gasteiger partial charge in [-0.1, -0.05) is 30.3 Å². The number of carbonyl (C=O) groups excluding carboxylic acids is 2. The van der Waals surface area contributed by atoms with Crippen molar-refractivity contribution in [2.45, 2.75) is 12.7 Å². The van der Waals surface area contributed by atoms with Crippen LogP contribution in [0.3, 0.4) is 0 Å². The number of hydrogen-bond acceptors (Lipinski definition) is 6. The lowest BCUT2D eigenvalue weighted by Crippen LogP contribution is -2.42. The molecule has 0 spiro atoms. The van der Waals surface area contributed by atoms with E-state index in [0.29, 0.717) is 29.4 Å². The number of nitrogens with zero attached hydrogens (tertiary/aromatic N) is 1. The molecule has 0 bridgehead atoms. The average Bonchev–Trinajstić information content (AvgIpc) is 3.28. The molecule has 3 aromatic carbocycles. The Morgan fingerprint density at radius 1 is 1.06 bits per heavy atom. The quantitative estimate of drug-likeness (QED) is 0.622. The van der Waals surface area contributed by atoms with Crippen LogP contribution in [0, 0.1) is 0 Å². The first kappa shape index (κ1) is 19.7. The number of anilines is 1.